The summed E-state index contributed by atoms with van der Waals surface area (Å²) in [6.45, 7) is 7.90. The molecule has 0 radical (unpaired) electrons. The van der Waals surface area contributed by atoms with E-state index in [0.717, 1.165) is 21.7 Å². The van der Waals surface area contributed by atoms with E-state index in [1.807, 2.05) is 52.0 Å². The third-order valence-corrected chi connectivity index (χ3v) is 7.32. The van der Waals surface area contributed by atoms with E-state index in [9.17, 15) is 18.0 Å². The van der Waals surface area contributed by atoms with Gasteiger partial charge in [0.2, 0.25) is 21.8 Å². The third kappa shape index (κ3) is 8.68. The van der Waals surface area contributed by atoms with Crippen LogP contribution in [0.25, 0.3) is 0 Å². The molecular weight excluding hydrogens is 521 g/mol. The summed E-state index contributed by atoms with van der Waals surface area (Å²) < 4.78 is 26.2. The molecule has 1 N–H and O–H groups in total. The summed E-state index contributed by atoms with van der Waals surface area (Å²) in [6, 6.07) is 11.7. The van der Waals surface area contributed by atoms with Gasteiger partial charge in [0.1, 0.15) is 6.04 Å². The number of halogens is 2. The van der Waals surface area contributed by atoms with Crippen LogP contribution < -0.4 is 9.62 Å². The second-order valence-electron chi connectivity index (χ2n) is 9.13. The number of amides is 2. The maximum Gasteiger partial charge on any atom is 0.243 e. The van der Waals surface area contributed by atoms with Crippen molar-refractivity contribution >= 4 is 50.7 Å². The smallest absolute Gasteiger partial charge is 0.243 e. The van der Waals surface area contributed by atoms with Crippen LogP contribution in [0.15, 0.2) is 42.5 Å². The van der Waals surface area contributed by atoms with Crippen LogP contribution in [0.1, 0.15) is 51.2 Å². The van der Waals surface area contributed by atoms with Crippen molar-refractivity contribution in [1.82, 2.24) is 10.2 Å². The Balaban J connectivity index is 2.25. The van der Waals surface area contributed by atoms with Crippen LogP contribution in [0.2, 0.25) is 10.0 Å². The van der Waals surface area contributed by atoms with Crippen LogP contribution >= 0.6 is 23.2 Å². The van der Waals surface area contributed by atoms with Gasteiger partial charge in [0.15, 0.2) is 0 Å². The maximum absolute atomic E-state index is 13.4. The van der Waals surface area contributed by atoms with E-state index in [4.69, 9.17) is 23.2 Å². The fourth-order valence-corrected chi connectivity index (χ4v) is 5.37. The van der Waals surface area contributed by atoms with Crippen molar-refractivity contribution in [3.63, 3.8) is 0 Å². The molecule has 0 heterocycles. The molecule has 0 aliphatic heterocycles. The van der Waals surface area contributed by atoms with Gasteiger partial charge >= 0.3 is 0 Å². The molecule has 10 heteroatoms. The van der Waals surface area contributed by atoms with Crippen LogP contribution in [-0.4, -0.2) is 50.0 Å². The molecule has 0 saturated heterocycles. The van der Waals surface area contributed by atoms with Gasteiger partial charge < -0.3 is 10.2 Å². The van der Waals surface area contributed by atoms with Crippen LogP contribution in [0.4, 0.5) is 5.69 Å². The molecule has 1 atom stereocenters. The lowest BCUT2D eigenvalue weighted by Crippen LogP contribution is -2.50. The van der Waals surface area contributed by atoms with Crippen molar-refractivity contribution in [3.8, 4) is 0 Å². The van der Waals surface area contributed by atoms with Gasteiger partial charge in [0.05, 0.1) is 17.0 Å². The van der Waals surface area contributed by atoms with Crippen molar-refractivity contribution in [2.75, 3.05) is 17.1 Å². The fraction of sp³-hybridized carbons (Fsp3) is 0.462. The molecule has 0 saturated carbocycles. The van der Waals surface area contributed by atoms with Crippen LogP contribution in [-0.2, 0) is 26.2 Å². The molecular formula is C26H35Cl2N3O4S. The Morgan fingerprint density at radius 3 is 2.36 bits per heavy atom. The summed E-state index contributed by atoms with van der Waals surface area (Å²) in [7, 11) is -3.68. The first-order valence-electron chi connectivity index (χ1n) is 11.9. The Bertz CT molecular complexity index is 1170. The lowest BCUT2D eigenvalue weighted by molar-refractivity contribution is -0.141. The van der Waals surface area contributed by atoms with Gasteiger partial charge in [0.25, 0.3) is 0 Å². The van der Waals surface area contributed by atoms with E-state index in [1.165, 1.54) is 12.1 Å². The van der Waals surface area contributed by atoms with Crippen molar-refractivity contribution in [3.05, 3.63) is 63.6 Å². The number of rotatable bonds is 12. The molecule has 2 aromatic carbocycles. The summed E-state index contributed by atoms with van der Waals surface area (Å²) in [6.07, 6.45) is 1.83. The Morgan fingerprint density at radius 1 is 1.08 bits per heavy atom. The number of hydrogen-bond acceptors (Lipinski definition) is 4. The highest BCUT2D eigenvalue weighted by molar-refractivity contribution is 7.92. The van der Waals surface area contributed by atoms with Gasteiger partial charge in [0, 0.05) is 30.6 Å². The van der Waals surface area contributed by atoms with Crippen molar-refractivity contribution in [2.45, 2.75) is 65.6 Å². The zero-order valence-corrected chi connectivity index (χ0v) is 23.8. The summed E-state index contributed by atoms with van der Waals surface area (Å²) in [5.41, 5.74) is 2.24. The summed E-state index contributed by atoms with van der Waals surface area (Å²) in [4.78, 5) is 28.0. The Kier molecular flexibility index (Phi) is 11.1. The van der Waals surface area contributed by atoms with E-state index >= 15 is 0 Å². The predicted molar refractivity (Wildman–Crippen MR) is 147 cm³/mol. The van der Waals surface area contributed by atoms with E-state index in [2.05, 4.69) is 5.32 Å². The van der Waals surface area contributed by atoms with Crippen molar-refractivity contribution in [2.24, 2.45) is 0 Å². The molecule has 0 fully saturated rings. The first-order valence-corrected chi connectivity index (χ1v) is 14.5. The normalized spacial score (nSPS) is 12.3. The standard InChI is InChI=1S/C26H35Cl2N3O4S/c1-6-23(26(33)29-18(2)3)30(17-20-10-7-9-19(4)15-20)25(32)11-8-14-31(36(5,34)35)24-16-21(27)12-13-22(24)28/h7,9-10,12-13,15-16,18,23H,6,8,11,14,17H2,1-5H3,(H,29,33). The zero-order chi connectivity index (χ0) is 27.0. The lowest BCUT2D eigenvalue weighted by atomic mass is 10.1. The molecule has 0 bridgehead atoms. The number of anilines is 1. The molecule has 2 amide bonds. The minimum atomic E-state index is -3.68. The second-order valence-corrected chi connectivity index (χ2v) is 11.9. The molecule has 1 unspecified atom stereocenters. The van der Waals surface area contributed by atoms with Gasteiger partial charge in [-0.1, -0.05) is 60.0 Å². The fourth-order valence-electron chi connectivity index (χ4n) is 3.97. The van der Waals surface area contributed by atoms with Gasteiger partial charge in [-0.15, -0.1) is 0 Å². The van der Waals surface area contributed by atoms with Gasteiger partial charge in [-0.05, 0) is 57.4 Å². The largest absolute Gasteiger partial charge is 0.352 e. The Labute approximate surface area is 224 Å². The SMILES string of the molecule is CCC(C(=O)NC(C)C)N(Cc1cccc(C)c1)C(=O)CCCN(c1cc(Cl)ccc1Cl)S(C)(=O)=O. The van der Waals surface area contributed by atoms with Crippen LogP contribution in [0.5, 0.6) is 0 Å². The number of benzene rings is 2. The number of carbonyl (C=O) groups is 2. The van der Waals surface area contributed by atoms with E-state index in [-0.39, 0.29) is 54.5 Å². The highest BCUT2D eigenvalue weighted by Crippen LogP contribution is 2.31. The van der Waals surface area contributed by atoms with Gasteiger partial charge in [-0.3, -0.25) is 13.9 Å². The highest BCUT2D eigenvalue weighted by Gasteiger charge is 2.29. The predicted octanol–water partition coefficient (Wildman–Crippen LogP) is 5.18. The molecule has 0 aromatic heterocycles. The van der Waals surface area contributed by atoms with Gasteiger partial charge in [-0.2, -0.15) is 0 Å². The molecule has 36 heavy (non-hydrogen) atoms. The zero-order valence-electron chi connectivity index (χ0n) is 21.4. The third-order valence-electron chi connectivity index (χ3n) is 5.58. The summed E-state index contributed by atoms with van der Waals surface area (Å²) in [5.74, 6) is -0.440. The average Bonchev–Trinajstić information content (AvgIpc) is 2.77. The summed E-state index contributed by atoms with van der Waals surface area (Å²) >= 11 is 12.3. The average molecular weight is 557 g/mol. The monoisotopic (exact) mass is 555 g/mol. The maximum atomic E-state index is 13.4. The molecule has 2 aromatic rings. The first kappa shape index (κ1) is 29.9. The molecule has 7 nitrogen and oxygen atoms in total. The number of hydrogen-bond donors (Lipinski definition) is 1. The van der Waals surface area contributed by atoms with Crippen molar-refractivity contribution < 1.29 is 18.0 Å². The Hall–Kier alpha value is -2.29. The number of nitrogens with zero attached hydrogens (tertiary/aromatic N) is 2. The Morgan fingerprint density at radius 2 is 1.78 bits per heavy atom. The number of carbonyl (C=O) groups excluding carboxylic acids is 2. The van der Waals surface area contributed by atoms with Gasteiger partial charge in [-0.25, -0.2) is 8.42 Å². The van der Waals surface area contributed by atoms with Crippen molar-refractivity contribution in [1.29, 1.82) is 0 Å². The summed E-state index contributed by atoms with van der Waals surface area (Å²) in [5, 5.41) is 3.50. The van der Waals surface area contributed by atoms with E-state index in [0.29, 0.717) is 11.4 Å². The molecule has 0 spiro atoms. The lowest BCUT2D eigenvalue weighted by Gasteiger charge is -2.31. The topological polar surface area (TPSA) is 86.8 Å². The quantitative estimate of drug-likeness (QED) is 0.391. The molecule has 2 rings (SSSR count). The number of sulfonamides is 1. The van der Waals surface area contributed by atoms with Crippen LogP contribution in [0, 0.1) is 6.92 Å². The molecule has 0 aliphatic rings. The van der Waals surface area contributed by atoms with E-state index in [1.54, 1.807) is 11.0 Å². The first-order chi connectivity index (χ1) is 16.8. The minimum absolute atomic E-state index is 0.0396. The number of aryl methyl sites for hydroxylation is 1. The van der Waals surface area contributed by atoms with Crippen LogP contribution in [0.3, 0.4) is 0 Å². The molecule has 0 aliphatic carbocycles. The minimum Gasteiger partial charge on any atom is -0.352 e. The number of nitrogens with one attached hydrogen (secondary N) is 1. The van der Waals surface area contributed by atoms with E-state index < -0.39 is 16.1 Å². The molecule has 198 valence electrons. The second kappa shape index (κ2) is 13.3. The highest BCUT2D eigenvalue weighted by atomic mass is 35.5.